The number of rotatable bonds is 4. The number of hydrogen-bond donors (Lipinski definition) is 1. The van der Waals surface area contributed by atoms with E-state index in [1.54, 1.807) is 0 Å². The summed E-state index contributed by atoms with van der Waals surface area (Å²) in [5.41, 5.74) is 5.64. The van der Waals surface area contributed by atoms with Crippen molar-refractivity contribution in [2.24, 2.45) is 0 Å². The zero-order valence-corrected chi connectivity index (χ0v) is 13.7. The monoisotopic (exact) mass is 290 g/mol. The predicted molar refractivity (Wildman–Crippen MR) is 89.1 cm³/mol. The second-order valence-electron chi connectivity index (χ2n) is 5.71. The summed E-state index contributed by atoms with van der Waals surface area (Å²) < 4.78 is 0. The lowest BCUT2D eigenvalue weighted by molar-refractivity contribution is 0.844. The molecule has 0 spiro atoms. The van der Waals surface area contributed by atoms with Crippen LogP contribution in [0.5, 0.6) is 0 Å². The molecule has 2 nitrogen and oxygen atoms in total. The van der Waals surface area contributed by atoms with Crippen molar-refractivity contribution in [1.82, 2.24) is 4.98 Å². The lowest BCUT2D eigenvalue weighted by atomic mass is 9.96. The van der Waals surface area contributed by atoms with Crippen LogP contribution in [0, 0.1) is 13.8 Å². The highest BCUT2D eigenvalue weighted by molar-refractivity contribution is 6.35. The number of anilines is 1. The first kappa shape index (κ1) is 15.1. The number of hydrogen-bond acceptors (Lipinski definition) is 2. The van der Waals surface area contributed by atoms with Crippen LogP contribution in [0.15, 0.2) is 12.1 Å². The van der Waals surface area contributed by atoms with Crippen molar-refractivity contribution >= 4 is 28.2 Å². The summed E-state index contributed by atoms with van der Waals surface area (Å²) in [6.07, 6.45) is 1.10. The molecule has 3 heteroatoms. The molecule has 1 heterocycles. The quantitative estimate of drug-likeness (QED) is 0.810. The normalized spacial score (nSPS) is 11.3. The molecule has 0 aliphatic carbocycles. The standard InChI is InChI=1S/C17H23ClN2/c1-6-7-19-17-13-8-11(4)9-14(18)16(13)20-12(5)15(17)10(2)3/h8-10H,6-7H2,1-5H3,(H,19,20). The first-order valence-electron chi connectivity index (χ1n) is 7.29. The third-order valence-electron chi connectivity index (χ3n) is 3.54. The van der Waals surface area contributed by atoms with Crippen molar-refractivity contribution in [2.75, 3.05) is 11.9 Å². The van der Waals surface area contributed by atoms with Crippen molar-refractivity contribution in [3.63, 3.8) is 0 Å². The van der Waals surface area contributed by atoms with Crippen LogP contribution in [0.1, 0.15) is 49.9 Å². The van der Waals surface area contributed by atoms with E-state index in [1.807, 2.05) is 6.07 Å². The average Bonchev–Trinajstić information content (AvgIpc) is 2.36. The molecule has 108 valence electrons. The number of aryl methyl sites for hydroxylation is 2. The number of halogens is 1. The molecule has 0 fully saturated rings. The number of nitrogens with zero attached hydrogens (tertiary/aromatic N) is 1. The van der Waals surface area contributed by atoms with Gasteiger partial charge in [0.2, 0.25) is 0 Å². The van der Waals surface area contributed by atoms with Gasteiger partial charge in [0.1, 0.15) is 0 Å². The largest absolute Gasteiger partial charge is 0.384 e. The van der Waals surface area contributed by atoms with Gasteiger partial charge in [-0.05, 0) is 49.4 Å². The Hall–Kier alpha value is -1.28. The molecule has 2 rings (SSSR count). The molecule has 0 bridgehead atoms. The van der Waals surface area contributed by atoms with Crippen LogP contribution in [0.2, 0.25) is 5.02 Å². The summed E-state index contributed by atoms with van der Waals surface area (Å²) in [4.78, 5) is 4.73. The molecule has 0 saturated heterocycles. The molecule has 0 radical (unpaired) electrons. The molecule has 0 unspecified atom stereocenters. The van der Waals surface area contributed by atoms with E-state index in [0.717, 1.165) is 34.6 Å². The van der Waals surface area contributed by atoms with Gasteiger partial charge in [-0.15, -0.1) is 0 Å². The number of benzene rings is 1. The second-order valence-corrected chi connectivity index (χ2v) is 6.12. The van der Waals surface area contributed by atoms with Crippen LogP contribution < -0.4 is 5.32 Å². The lowest BCUT2D eigenvalue weighted by Gasteiger charge is -2.20. The van der Waals surface area contributed by atoms with Crippen LogP contribution in [0.4, 0.5) is 5.69 Å². The predicted octanol–water partition coefficient (Wildman–Crippen LogP) is 5.45. The van der Waals surface area contributed by atoms with Crippen LogP contribution in [0.25, 0.3) is 10.9 Å². The number of pyridine rings is 1. The highest BCUT2D eigenvalue weighted by Gasteiger charge is 2.16. The first-order valence-corrected chi connectivity index (χ1v) is 7.67. The first-order chi connectivity index (χ1) is 9.45. The fraction of sp³-hybridized carbons (Fsp3) is 0.471. The van der Waals surface area contributed by atoms with Crippen molar-refractivity contribution in [2.45, 2.75) is 47.0 Å². The zero-order chi connectivity index (χ0) is 14.9. The molecule has 1 aromatic heterocycles. The van der Waals surface area contributed by atoms with Gasteiger partial charge >= 0.3 is 0 Å². The summed E-state index contributed by atoms with van der Waals surface area (Å²) in [6.45, 7) is 11.7. The van der Waals surface area contributed by atoms with Gasteiger partial charge in [0.25, 0.3) is 0 Å². The van der Waals surface area contributed by atoms with E-state index >= 15 is 0 Å². The Labute approximate surface area is 126 Å². The van der Waals surface area contributed by atoms with E-state index < -0.39 is 0 Å². The minimum absolute atomic E-state index is 0.436. The molecular weight excluding hydrogens is 268 g/mol. The molecule has 0 amide bonds. The van der Waals surface area contributed by atoms with E-state index in [-0.39, 0.29) is 0 Å². The van der Waals surface area contributed by atoms with Crippen molar-refractivity contribution < 1.29 is 0 Å². The van der Waals surface area contributed by atoms with Crippen molar-refractivity contribution in [3.8, 4) is 0 Å². The topological polar surface area (TPSA) is 24.9 Å². The van der Waals surface area contributed by atoms with Crippen LogP contribution in [-0.4, -0.2) is 11.5 Å². The van der Waals surface area contributed by atoms with Crippen molar-refractivity contribution in [1.29, 1.82) is 0 Å². The minimum Gasteiger partial charge on any atom is -0.384 e. The number of nitrogens with one attached hydrogen (secondary N) is 1. The van der Waals surface area contributed by atoms with E-state index in [4.69, 9.17) is 16.6 Å². The Bertz CT molecular complexity index is 633. The smallest absolute Gasteiger partial charge is 0.0912 e. The van der Waals surface area contributed by atoms with Gasteiger partial charge in [-0.25, -0.2) is 0 Å². The van der Waals surface area contributed by atoms with Gasteiger partial charge in [-0.1, -0.05) is 32.4 Å². The van der Waals surface area contributed by atoms with Gasteiger partial charge in [0.15, 0.2) is 0 Å². The second kappa shape index (κ2) is 6.01. The summed E-state index contributed by atoms with van der Waals surface area (Å²) in [5, 5.41) is 5.45. The van der Waals surface area contributed by atoms with Crippen LogP contribution in [0.3, 0.4) is 0 Å². The van der Waals surface area contributed by atoms with E-state index in [0.29, 0.717) is 5.92 Å². The van der Waals surface area contributed by atoms with Gasteiger partial charge in [0, 0.05) is 23.3 Å². The van der Waals surface area contributed by atoms with E-state index in [2.05, 4.69) is 46.0 Å². The average molecular weight is 291 g/mol. The van der Waals surface area contributed by atoms with E-state index in [9.17, 15) is 0 Å². The highest BCUT2D eigenvalue weighted by Crippen LogP contribution is 2.36. The van der Waals surface area contributed by atoms with Crippen LogP contribution in [-0.2, 0) is 0 Å². The molecule has 0 atom stereocenters. The Kier molecular flexibility index (Phi) is 4.54. The molecule has 0 aliphatic rings. The Morgan fingerprint density at radius 3 is 2.55 bits per heavy atom. The SMILES string of the molecule is CCCNc1c(C(C)C)c(C)nc2c(Cl)cc(C)cc12. The molecular formula is C17H23ClN2. The Balaban J connectivity index is 2.80. The maximum atomic E-state index is 6.38. The molecule has 1 aromatic carbocycles. The molecule has 20 heavy (non-hydrogen) atoms. The van der Waals surface area contributed by atoms with Gasteiger partial charge in [-0.3, -0.25) is 4.98 Å². The summed E-state index contributed by atoms with van der Waals surface area (Å²) in [6, 6.07) is 4.16. The molecule has 0 aliphatic heterocycles. The fourth-order valence-corrected chi connectivity index (χ4v) is 3.06. The van der Waals surface area contributed by atoms with E-state index in [1.165, 1.54) is 16.8 Å². The molecule has 0 saturated carbocycles. The Morgan fingerprint density at radius 1 is 1.25 bits per heavy atom. The number of fused-ring (bicyclic) bond motifs is 1. The van der Waals surface area contributed by atoms with Gasteiger partial charge in [-0.2, -0.15) is 0 Å². The molecule has 1 N–H and O–H groups in total. The summed E-state index contributed by atoms with van der Waals surface area (Å²) in [5.74, 6) is 0.436. The van der Waals surface area contributed by atoms with Crippen LogP contribution >= 0.6 is 11.6 Å². The highest BCUT2D eigenvalue weighted by atomic mass is 35.5. The lowest BCUT2D eigenvalue weighted by Crippen LogP contribution is -2.08. The maximum Gasteiger partial charge on any atom is 0.0912 e. The van der Waals surface area contributed by atoms with Gasteiger partial charge in [0.05, 0.1) is 10.5 Å². The third kappa shape index (κ3) is 2.76. The number of aromatic nitrogens is 1. The maximum absolute atomic E-state index is 6.38. The minimum atomic E-state index is 0.436. The van der Waals surface area contributed by atoms with Crippen molar-refractivity contribution in [3.05, 3.63) is 34.0 Å². The van der Waals surface area contributed by atoms with Gasteiger partial charge < -0.3 is 5.32 Å². The zero-order valence-electron chi connectivity index (χ0n) is 13.0. The summed E-state index contributed by atoms with van der Waals surface area (Å²) in [7, 11) is 0. The Morgan fingerprint density at radius 2 is 1.95 bits per heavy atom. The molecule has 2 aromatic rings. The fourth-order valence-electron chi connectivity index (χ4n) is 2.74. The third-order valence-corrected chi connectivity index (χ3v) is 3.83. The summed E-state index contributed by atoms with van der Waals surface area (Å²) >= 11 is 6.38.